The molecule has 0 spiro atoms. The van der Waals surface area contributed by atoms with E-state index in [0.29, 0.717) is 10.7 Å². The number of hydrogen-bond donors (Lipinski definition) is 2. The smallest absolute Gasteiger partial charge is 0.239 e. The van der Waals surface area contributed by atoms with E-state index in [2.05, 4.69) is 10.6 Å². The van der Waals surface area contributed by atoms with Crippen LogP contribution in [0, 0.1) is 5.82 Å². The first kappa shape index (κ1) is 15.1. The van der Waals surface area contributed by atoms with Crippen LogP contribution in [0.15, 0.2) is 18.2 Å². The van der Waals surface area contributed by atoms with Crippen LogP contribution in [0.3, 0.4) is 0 Å². The number of amides is 1. The summed E-state index contributed by atoms with van der Waals surface area (Å²) in [7, 11) is 0. The molecule has 0 saturated heterocycles. The predicted molar refractivity (Wildman–Crippen MR) is 79.5 cm³/mol. The van der Waals surface area contributed by atoms with Crippen LogP contribution >= 0.6 is 11.6 Å². The minimum atomic E-state index is -0.445. The van der Waals surface area contributed by atoms with Crippen molar-refractivity contribution in [2.24, 2.45) is 0 Å². The number of halogens is 2. The third kappa shape index (κ3) is 4.67. The third-order valence-electron chi connectivity index (χ3n) is 3.59. The van der Waals surface area contributed by atoms with Gasteiger partial charge in [-0.05, 0) is 31.0 Å². The lowest BCUT2D eigenvalue weighted by molar-refractivity contribution is -0.120. The van der Waals surface area contributed by atoms with Gasteiger partial charge in [0, 0.05) is 11.1 Å². The monoisotopic (exact) mass is 298 g/mol. The molecule has 0 heterocycles. The normalized spacial score (nSPS) is 16.5. The summed E-state index contributed by atoms with van der Waals surface area (Å²) in [5.74, 6) is -0.536. The van der Waals surface area contributed by atoms with Crippen LogP contribution in [-0.2, 0) is 4.79 Å². The maximum atomic E-state index is 13.5. The summed E-state index contributed by atoms with van der Waals surface area (Å²) >= 11 is 5.68. The molecule has 3 nitrogen and oxygen atoms in total. The van der Waals surface area contributed by atoms with Crippen molar-refractivity contribution in [2.75, 3.05) is 11.9 Å². The van der Waals surface area contributed by atoms with E-state index < -0.39 is 5.82 Å². The Morgan fingerprint density at radius 2 is 1.95 bits per heavy atom. The number of anilines is 1. The average Bonchev–Trinajstić information content (AvgIpc) is 2.66. The zero-order valence-electron chi connectivity index (χ0n) is 11.4. The predicted octanol–water partition coefficient (Wildman–Crippen LogP) is 3.73. The molecule has 1 amide bonds. The number of benzene rings is 1. The van der Waals surface area contributed by atoms with Gasteiger partial charge < -0.3 is 10.6 Å². The molecule has 20 heavy (non-hydrogen) atoms. The van der Waals surface area contributed by atoms with Gasteiger partial charge in [-0.2, -0.15) is 0 Å². The van der Waals surface area contributed by atoms with Crippen molar-refractivity contribution < 1.29 is 9.18 Å². The van der Waals surface area contributed by atoms with Crippen LogP contribution < -0.4 is 10.6 Å². The fourth-order valence-corrected chi connectivity index (χ4v) is 2.67. The van der Waals surface area contributed by atoms with Gasteiger partial charge in [0.1, 0.15) is 5.82 Å². The molecule has 2 N–H and O–H groups in total. The molecule has 0 radical (unpaired) electrons. The number of nitrogens with one attached hydrogen (secondary N) is 2. The Morgan fingerprint density at radius 1 is 1.25 bits per heavy atom. The molecule has 0 atom stereocenters. The molecule has 0 bridgehead atoms. The number of carbonyl (C=O) groups is 1. The molecule has 1 saturated carbocycles. The Morgan fingerprint density at radius 3 is 2.60 bits per heavy atom. The van der Waals surface area contributed by atoms with Gasteiger partial charge in [0.2, 0.25) is 5.91 Å². The lowest BCUT2D eigenvalue weighted by atomic mass is 10.1. The average molecular weight is 299 g/mol. The van der Waals surface area contributed by atoms with E-state index >= 15 is 0 Å². The lowest BCUT2D eigenvalue weighted by Crippen LogP contribution is -2.38. The van der Waals surface area contributed by atoms with E-state index in [-0.39, 0.29) is 18.5 Å². The van der Waals surface area contributed by atoms with Crippen molar-refractivity contribution in [3.05, 3.63) is 29.0 Å². The zero-order valence-corrected chi connectivity index (χ0v) is 12.2. The topological polar surface area (TPSA) is 41.1 Å². The minimum Gasteiger partial charge on any atom is -0.374 e. The van der Waals surface area contributed by atoms with Gasteiger partial charge in [-0.3, -0.25) is 4.79 Å². The second kappa shape index (κ2) is 7.48. The largest absolute Gasteiger partial charge is 0.374 e. The van der Waals surface area contributed by atoms with E-state index in [9.17, 15) is 9.18 Å². The Kier molecular flexibility index (Phi) is 5.65. The maximum absolute atomic E-state index is 13.5. The first-order valence-corrected chi connectivity index (χ1v) is 7.51. The van der Waals surface area contributed by atoms with E-state index in [1.165, 1.54) is 37.8 Å². The first-order chi connectivity index (χ1) is 9.65. The van der Waals surface area contributed by atoms with Crippen LogP contribution in [-0.4, -0.2) is 18.5 Å². The van der Waals surface area contributed by atoms with Gasteiger partial charge in [0.05, 0.1) is 12.2 Å². The van der Waals surface area contributed by atoms with Crippen molar-refractivity contribution in [3.63, 3.8) is 0 Å². The molecule has 1 aromatic carbocycles. The van der Waals surface area contributed by atoms with Crippen molar-refractivity contribution in [1.82, 2.24) is 5.32 Å². The molecule has 0 aromatic heterocycles. The van der Waals surface area contributed by atoms with Crippen LogP contribution in [0.4, 0.5) is 10.1 Å². The first-order valence-electron chi connectivity index (χ1n) is 7.13. The molecular weight excluding hydrogens is 279 g/mol. The van der Waals surface area contributed by atoms with Crippen molar-refractivity contribution >= 4 is 23.2 Å². The van der Waals surface area contributed by atoms with E-state index in [1.807, 2.05) is 0 Å². The molecule has 0 unspecified atom stereocenters. The molecule has 1 aliphatic rings. The highest BCUT2D eigenvalue weighted by Gasteiger charge is 2.14. The quantitative estimate of drug-likeness (QED) is 0.832. The van der Waals surface area contributed by atoms with Crippen LogP contribution in [0.25, 0.3) is 0 Å². The summed E-state index contributed by atoms with van der Waals surface area (Å²) < 4.78 is 13.5. The summed E-state index contributed by atoms with van der Waals surface area (Å²) in [4.78, 5) is 11.9. The summed E-state index contributed by atoms with van der Waals surface area (Å²) in [5.41, 5.74) is 0.297. The van der Waals surface area contributed by atoms with Gasteiger partial charge in [-0.25, -0.2) is 4.39 Å². The van der Waals surface area contributed by atoms with Crippen molar-refractivity contribution in [3.8, 4) is 0 Å². The second-order valence-electron chi connectivity index (χ2n) is 5.23. The lowest BCUT2D eigenvalue weighted by Gasteiger charge is -2.16. The molecule has 5 heteroatoms. The number of hydrogen-bond acceptors (Lipinski definition) is 2. The molecule has 2 rings (SSSR count). The highest BCUT2D eigenvalue weighted by Crippen LogP contribution is 2.19. The highest BCUT2D eigenvalue weighted by molar-refractivity contribution is 6.30. The molecule has 1 fully saturated rings. The molecule has 1 aliphatic carbocycles. The molecular formula is C15H20ClFN2O. The summed E-state index contributed by atoms with van der Waals surface area (Å²) in [6, 6.07) is 4.63. The van der Waals surface area contributed by atoms with Crippen molar-refractivity contribution in [1.29, 1.82) is 0 Å². The Balaban J connectivity index is 1.79. The van der Waals surface area contributed by atoms with Crippen molar-refractivity contribution in [2.45, 2.75) is 44.6 Å². The van der Waals surface area contributed by atoms with Crippen LogP contribution in [0.5, 0.6) is 0 Å². The number of carbonyl (C=O) groups excluding carboxylic acids is 1. The van der Waals surface area contributed by atoms with E-state index in [4.69, 9.17) is 11.6 Å². The van der Waals surface area contributed by atoms with Crippen LogP contribution in [0.1, 0.15) is 38.5 Å². The Labute approximate surface area is 123 Å². The standard InChI is InChI=1S/C15H20ClFN2O/c16-11-7-8-14(13(17)9-11)18-10-15(20)19-12-5-3-1-2-4-6-12/h7-9,12,18H,1-6,10H2,(H,19,20). The Bertz CT molecular complexity index is 459. The van der Waals surface area contributed by atoms with E-state index in [1.54, 1.807) is 6.07 Å². The van der Waals surface area contributed by atoms with Gasteiger partial charge in [-0.1, -0.05) is 37.3 Å². The SMILES string of the molecule is O=C(CNc1ccc(Cl)cc1F)NC1CCCCCC1. The molecule has 0 aliphatic heterocycles. The Hall–Kier alpha value is -1.29. The summed E-state index contributed by atoms with van der Waals surface area (Å²) in [6.07, 6.45) is 6.93. The maximum Gasteiger partial charge on any atom is 0.239 e. The van der Waals surface area contributed by atoms with Crippen LogP contribution in [0.2, 0.25) is 5.02 Å². The van der Waals surface area contributed by atoms with Gasteiger partial charge in [0.15, 0.2) is 0 Å². The van der Waals surface area contributed by atoms with Gasteiger partial charge in [-0.15, -0.1) is 0 Å². The zero-order chi connectivity index (χ0) is 14.4. The van der Waals surface area contributed by atoms with E-state index in [0.717, 1.165) is 12.8 Å². The summed E-state index contributed by atoms with van der Waals surface area (Å²) in [6.45, 7) is 0.0784. The third-order valence-corrected chi connectivity index (χ3v) is 3.83. The van der Waals surface area contributed by atoms with Gasteiger partial charge in [0.25, 0.3) is 0 Å². The second-order valence-corrected chi connectivity index (χ2v) is 5.67. The highest BCUT2D eigenvalue weighted by atomic mass is 35.5. The molecule has 1 aromatic rings. The minimum absolute atomic E-state index is 0.0784. The number of rotatable bonds is 4. The fourth-order valence-electron chi connectivity index (χ4n) is 2.51. The fraction of sp³-hybridized carbons (Fsp3) is 0.533. The molecule has 110 valence electrons. The van der Waals surface area contributed by atoms with Gasteiger partial charge >= 0.3 is 0 Å². The summed E-state index contributed by atoms with van der Waals surface area (Å²) in [5, 5.41) is 6.15.